The molecule has 0 unspecified atom stereocenters. The van der Waals surface area contributed by atoms with Crippen molar-refractivity contribution in [3.05, 3.63) is 36.3 Å². The van der Waals surface area contributed by atoms with E-state index in [-0.39, 0.29) is 11.6 Å². The zero-order chi connectivity index (χ0) is 13.1. The Morgan fingerprint density at radius 3 is 2.44 bits per heavy atom. The maximum absolute atomic E-state index is 13.5. The fourth-order valence-electron chi connectivity index (χ4n) is 1.38. The summed E-state index contributed by atoms with van der Waals surface area (Å²) in [6, 6.07) is 5.97. The predicted molar refractivity (Wildman–Crippen MR) is 63.7 cm³/mol. The largest absolute Gasteiger partial charge is 0.368 e. The van der Waals surface area contributed by atoms with Gasteiger partial charge in [0, 0.05) is 10.5 Å². The molecule has 3 nitrogen and oxygen atoms in total. The number of nitrogens with two attached hydrogens (primary N) is 1. The number of halogens is 3. The van der Waals surface area contributed by atoms with Crippen molar-refractivity contribution in [3.8, 4) is 11.3 Å². The van der Waals surface area contributed by atoms with Crippen molar-refractivity contribution in [1.82, 2.24) is 9.97 Å². The molecule has 1 heterocycles. The van der Waals surface area contributed by atoms with Crippen LogP contribution in [0, 0.1) is 5.82 Å². The minimum absolute atomic E-state index is 0.0440. The summed E-state index contributed by atoms with van der Waals surface area (Å²) in [7, 11) is 0. The van der Waals surface area contributed by atoms with Gasteiger partial charge in [0.2, 0.25) is 5.95 Å². The van der Waals surface area contributed by atoms with Crippen LogP contribution in [0.3, 0.4) is 0 Å². The number of anilines is 1. The van der Waals surface area contributed by atoms with Crippen molar-refractivity contribution in [1.29, 1.82) is 0 Å². The average Bonchev–Trinajstić information content (AvgIpc) is 2.33. The molecule has 0 aliphatic carbocycles. The quantitative estimate of drug-likeness (QED) is 0.871. The molecular formula is C11H8F3N3S. The Balaban J connectivity index is 2.31. The van der Waals surface area contributed by atoms with Crippen LogP contribution in [-0.4, -0.2) is 15.7 Å². The van der Waals surface area contributed by atoms with E-state index >= 15 is 0 Å². The number of hydrogen-bond donors (Lipinski definition) is 1. The predicted octanol–water partition coefficient (Wildman–Crippen LogP) is 3.18. The van der Waals surface area contributed by atoms with Crippen LogP contribution in [0.2, 0.25) is 0 Å². The fourth-order valence-corrected chi connectivity index (χ4v) is 1.88. The molecule has 0 bridgehead atoms. The van der Waals surface area contributed by atoms with Gasteiger partial charge in [0.1, 0.15) is 5.69 Å². The molecule has 0 saturated heterocycles. The lowest BCUT2D eigenvalue weighted by Crippen LogP contribution is -1.98. The topological polar surface area (TPSA) is 51.8 Å². The van der Waals surface area contributed by atoms with Gasteiger partial charge in [-0.25, -0.2) is 14.4 Å². The van der Waals surface area contributed by atoms with Gasteiger partial charge in [-0.05, 0) is 12.1 Å². The highest BCUT2D eigenvalue weighted by Gasteiger charge is 2.09. The third-order valence-electron chi connectivity index (χ3n) is 2.12. The molecule has 0 amide bonds. The first-order valence-electron chi connectivity index (χ1n) is 4.89. The van der Waals surface area contributed by atoms with E-state index in [4.69, 9.17) is 5.73 Å². The van der Waals surface area contributed by atoms with E-state index in [1.807, 2.05) is 0 Å². The van der Waals surface area contributed by atoms with Crippen LogP contribution in [0.15, 0.2) is 35.4 Å². The van der Waals surface area contributed by atoms with Gasteiger partial charge in [-0.2, -0.15) is 8.78 Å². The summed E-state index contributed by atoms with van der Waals surface area (Å²) in [5, 5.41) is 0. The molecule has 7 heteroatoms. The fraction of sp³-hybridized carbons (Fsp3) is 0.0909. The highest BCUT2D eigenvalue weighted by Crippen LogP contribution is 2.28. The van der Waals surface area contributed by atoms with Gasteiger partial charge in [0.05, 0.1) is 6.20 Å². The Morgan fingerprint density at radius 1 is 1.17 bits per heavy atom. The monoisotopic (exact) mass is 271 g/mol. The molecule has 0 atom stereocenters. The lowest BCUT2D eigenvalue weighted by Gasteiger charge is -2.04. The van der Waals surface area contributed by atoms with Crippen LogP contribution in [0.4, 0.5) is 19.1 Å². The van der Waals surface area contributed by atoms with Crippen LogP contribution in [-0.2, 0) is 0 Å². The number of nitrogens with zero attached hydrogens (tertiary/aromatic N) is 2. The summed E-state index contributed by atoms with van der Waals surface area (Å²) in [5.74, 6) is -3.14. The van der Waals surface area contributed by atoms with Crippen molar-refractivity contribution in [2.24, 2.45) is 0 Å². The van der Waals surface area contributed by atoms with Crippen LogP contribution in [0.5, 0.6) is 0 Å². The Hall–Kier alpha value is -1.76. The standard InChI is InChI=1S/C11H8F3N3S/c12-8-5-16-11(15)17-9(8)6-1-3-7(4-2-6)18-10(13)14/h1-5,10H,(H2,15,16,17). The summed E-state index contributed by atoms with van der Waals surface area (Å²) < 4.78 is 37.7. The second kappa shape index (κ2) is 5.26. The molecule has 2 aromatic rings. The van der Waals surface area contributed by atoms with Gasteiger partial charge in [-0.15, -0.1) is 0 Å². The molecule has 1 aromatic heterocycles. The highest BCUT2D eigenvalue weighted by atomic mass is 32.2. The van der Waals surface area contributed by atoms with E-state index in [9.17, 15) is 13.2 Å². The molecule has 0 radical (unpaired) electrons. The summed E-state index contributed by atoms with van der Waals surface area (Å²) in [6.07, 6.45) is 0.972. The van der Waals surface area contributed by atoms with Crippen LogP contribution in [0.1, 0.15) is 0 Å². The first-order valence-corrected chi connectivity index (χ1v) is 5.77. The summed E-state index contributed by atoms with van der Waals surface area (Å²) in [5.41, 5.74) is 5.88. The van der Waals surface area contributed by atoms with Gasteiger partial charge in [0.15, 0.2) is 5.82 Å². The van der Waals surface area contributed by atoms with E-state index in [0.29, 0.717) is 22.2 Å². The number of aromatic nitrogens is 2. The molecule has 2 rings (SSSR count). The summed E-state index contributed by atoms with van der Waals surface area (Å²) >= 11 is 0.425. The lowest BCUT2D eigenvalue weighted by atomic mass is 10.1. The highest BCUT2D eigenvalue weighted by molar-refractivity contribution is 7.99. The van der Waals surface area contributed by atoms with E-state index in [1.165, 1.54) is 24.3 Å². The number of benzene rings is 1. The third kappa shape index (κ3) is 2.92. The van der Waals surface area contributed by atoms with Crippen molar-refractivity contribution >= 4 is 17.7 Å². The third-order valence-corrected chi connectivity index (χ3v) is 2.84. The zero-order valence-corrected chi connectivity index (χ0v) is 9.79. The Labute approximate surface area is 105 Å². The van der Waals surface area contributed by atoms with Crippen molar-refractivity contribution in [2.75, 3.05) is 5.73 Å². The number of nitrogen functional groups attached to an aromatic ring is 1. The first-order chi connectivity index (χ1) is 8.56. The van der Waals surface area contributed by atoms with E-state index in [1.54, 1.807) is 0 Å². The molecule has 0 fully saturated rings. The molecule has 0 aliphatic rings. The average molecular weight is 271 g/mol. The van der Waals surface area contributed by atoms with E-state index in [0.717, 1.165) is 6.20 Å². The number of hydrogen-bond acceptors (Lipinski definition) is 4. The summed E-state index contributed by atoms with van der Waals surface area (Å²) in [4.78, 5) is 7.68. The van der Waals surface area contributed by atoms with Gasteiger partial charge in [-0.1, -0.05) is 23.9 Å². The van der Waals surface area contributed by atoms with Crippen LogP contribution < -0.4 is 5.73 Å². The molecule has 1 aromatic carbocycles. The maximum Gasteiger partial charge on any atom is 0.288 e. The maximum atomic E-state index is 13.5. The molecule has 0 aliphatic heterocycles. The molecule has 2 N–H and O–H groups in total. The lowest BCUT2D eigenvalue weighted by molar-refractivity contribution is 0.252. The normalized spacial score (nSPS) is 10.9. The van der Waals surface area contributed by atoms with E-state index in [2.05, 4.69) is 9.97 Å². The van der Waals surface area contributed by atoms with Gasteiger partial charge in [0.25, 0.3) is 5.76 Å². The smallest absolute Gasteiger partial charge is 0.288 e. The van der Waals surface area contributed by atoms with Gasteiger partial charge in [-0.3, -0.25) is 0 Å². The number of alkyl halides is 2. The second-order valence-corrected chi connectivity index (χ2v) is 4.39. The second-order valence-electron chi connectivity index (χ2n) is 3.33. The number of thioether (sulfide) groups is 1. The van der Waals surface area contributed by atoms with Gasteiger partial charge < -0.3 is 5.73 Å². The Kier molecular flexibility index (Phi) is 3.71. The molecular weight excluding hydrogens is 263 g/mol. The molecule has 0 saturated carbocycles. The Morgan fingerprint density at radius 2 is 1.83 bits per heavy atom. The molecule has 18 heavy (non-hydrogen) atoms. The minimum atomic E-state index is -2.48. The van der Waals surface area contributed by atoms with E-state index < -0.39 is 11.6 Å². The molecule has 94 valence electrons. The molecule has 0 spiro atoms. The summed E-state index contributed by atoms with van der Waals surface area (Å²) in [6.45, 7) is 0. The SMILES string of the molecule is Nc1ncc(F)c(-c2ccc(SC(F)F)cc2)n1. The van der Waals surface area contributed by atoms with Crippen LogP contribution in [0.25, 0.3) is 11.3 Å². The van der Waals surface area contributed by atoms with Crippen molar-refractivity contribution in [2.45, 2.75) is 10.7 Å². The number of rotatable bonds is 3. The first kappa shape index (κ1) is 12.7. The minimum Gasteiger partial charge on any atom is -0.368 e. The van der Waals surface area contributed by atoms with Crippen LogP contribution >= 0.6 is 11.8 Å². The van der Waals surface area contributed by atoms with Crippen molar-refractivity contribution < 1.29 is 13.2 Å². The zero-order valence-electron chi connectivity index (χ0n) is 8.98. The van der Waals surface area contributed by atoms with Crippen molar-refractivity contribution in [3.63, 3.8) is 0 Å². The Bertz CT molecular complexity index is 546. The van der Waals surface area contributed by atoms with Gasteiger partial charge >= 0.3 is 0 Å².